The average Bonchev–Trinajstić information content (AvgIpc) is 2.86. The van der Waals surface area contributed by atoms with E-state index in [1.165, 1.54) is 0 Å². The zero-order chi connectivity index (χ0) is 14.6. The predicted molar refractivity (Wildman–Crippen MR) is 85.9 cm³/mol. The van der Waals surface area contributed by atoms with Gasteiger partial charge in [0, 0.05) is 27.7 Å². The highest BCUT2D eigenvalue weighted by Gasteiger charge is 2.13. The smallest absolute Gasteiger partial charge is 0.101 e. The topological polar surface area (TPSA) is 54.5 Å². The van der Waals surface area contributed by atoms with Crippen LogP contribution in [0.25, 0.3) is 32.7 Å². The number of aromatic nitrogens is 3. The first-order valence-electron chi connectivity index (χ1n) is 6.43. The van der Waals surface area contributed by atoms with Gasteiger partial charge in [0.15, 0.2) is 0 Å². The molecule has 0 aliphatic carbocycles. The molecule has 4 rings (SSSR count). The third-order valence-corrected chi connectivity index (χ3v) is 4.23. The van der Waals surface area contributed by atoms with Gasteiger partial charge in [-0.25, -0.2) is 4.98 Å². The average molecular weight is 337 g/mol. The van der Waals surface area contributed by atoms with E-state index in [0.29, 0.717) is 5.56 Å². The van der Waals surface area contributed by atoms with Crippen molar-refractivity contribution in [3.8, 4) is 6.07 Å². The fraction of sp³-hybridized carbons (Fsp3) is 0.0625. The number of hydrogen-bond donors (Lipinski definition) is 0. The maximum absolute atomic E-state index is 9.65. The number of nitriles is 1. The largest absolute Gasteiger partial charge is 0.268 e. The van der Waals surface area contributed by atoms with Crippen molar-refractivity contribution in [2.45, 2.75) is 0 Å². The van der Waals surface area contributed by atoms with Crippen LogP contribution in [-0.4, -0.2) is 14.8 Å². The van der Waals surface area contributed by atoms with Crippen LogP contribution in [0.1, 0.15) is 5.56 Å². The number of nitrogens with zero attached hydrogens (tertiary/aromatic N) is 4. The molecule has 0 saturated heterocycles. The molecule has 0 radical (unpaired) electrons. The highest BCUT2D eigenvalue weighted by molar-refractivity contribution is 9.10. The van der Waals surface area contributed by atoms with Gasteiger partial charge in [0.05, 0.1) is 28.3 Å². The van der Waals surface area contributed by atoms with Crippen LogP contribution >= 0.6 is 15.9 Å². The molecule has 0 fully saturated rings. The number of rotatable bonds is 0. The maximum atomic E-state index is 9.65. The van der Waals surface area contributed by atoms with Gasteiger partial charge in [0.2, 0.25) is 0 Å². The van der Waals surface area contributed by atoms with E-state index < -0.39 is 0 Å². The summed E-state index contributed by atoms with van der Waals surface area (Å²) >= 11 is 3.45. The summed E-state index contributed by atoms with van der Waals surface area (Å²) in [6.45, 7) is 0. The first kappa shape index (κ1) is 12.3. The van der Waals surface area contributed by atoms with Gasteiger partial charge >= 0.3 is 0 Å². The Bertz CT molecular complexity index is 1070. The Labute approximate surface area is 128 Å². The summed E-state index contributed by atoms with van der Waals surface area (Å²) in [5.41, 5.74) is 3.28. The summed E-state index contributed by atoms with van der Waals surface area (Å²) in [7, 11) is 1.89. The number of benzene rings is 2. The summed E-state index contributed by atoms with van der Waals surface area (Å²) in [5.74, 6) is 0. The van der Waals surface area contributed by atoms with Crippen molar-refractivity contribution in [2.75, 3.05) is 0 Å². The maximum Gasteiger partial charge on any atom is 0.101 e. The number of hydrogen-bond acceptors (Lipinski definition) is 3. The minimum atomic E-state index is 0.654. The fourth-order valence-electron chi connectivity index (χ4n) is 2.76. The van der Waals surface area contributed by atoms with E-state index in [4.69, 9.17) is 0 Å². The van der Waals surface area contributed by atoms with E-state index in [1.807, 2.05) is 42.1 Å². The Morgan fingerprint density at radius 1 is 1.14 bits per heavy atom. The predicted octanol–water partition coefficient (Wildman–Crippen LogP) is 3.91. The van der Waals surface area contributed by atoms with E-state index in [2.05, 4.69) is 32.1 Å². The zero-order valence-corrected chi connectivity index (χ0v) is 12.7. The van der Waals surface area contributed by atoms with Crippen molar-refractivity contribution in [3.05, 3.63) is 46.6 Å². The van der Waals surface area contributed by atoms with E-state index in [1.54, 1.807) is 6.20 Å². The Morgan fingerprint density at radius 2 is 2.00 bits per heavy atom. The second-order valence-electron chi connectivity index (χ2n) is 4.92. The molecule has 0 saturated carbocycles. The lowest BCUT2D eigenvalue weighted by Crippen LogP contribution is -1.91. The molecule has 100 valence electrons. The molecule has 0 aliphatic rings. The SMILES string of the molecule is Cn1ncc2c3c(C#N)c4ccc(Br)cc4nc3ccc21. The fourth-order valence-corrected chi connectivity index (χ4v) is 3.11. The highest BCUT2D eigenvalue weighted by atomic mass is 79.9. The van der Waals surface area contributed by atoms with Gasteiger partial charge in [-0.05, 0) is 24.3 Å². The minimum Gasteiger partial charge on any atom is -0.268 e. The number of fused-ring (bicyclic) bond motifs is 4. The van der Waals surface area contributed by atoms with E-state index in [-0.39, 0.29) is 0 Å². The molecule has 2 heterocycles. The molecule has 2 aromatic heterocycles. The molecule has 0 aliphatic heterocycles. The lowest BCUT2D eigenvalue weighted by atomic mass is 10.0. The molecule has 0 N–H and O–H groups in total. The zero-order valence-electron chi connectivity index (χ0n) is 11.1. The molecule has 0 bridgehead atoms. The van der Waals surface area contributed by atoms with Crippen molar-refractivity contribution in [1.82, 2.24) is 14.8 Å². The van der Waals surface area contributed by atoms with Crippen molar-refractivity contribution in [3.63, 3.8) is 0 Å². The molecular formula is C16H9BrN4. The molecule has 4 aromatic rings. The van der Waals surface area contributed by atoms with Crippen molar-refractivity contribution in [2.24, 2.45) is 7.05 Å². The van der Waals surface area contributed by atoms with E-state index >= 15 is 0 Å². The van der Waals surface area contributed by atoms with Crippen LogP contribution < -0.4 is 0 Å². The lowest BCUT2D eigenvalue weighted by molar-refractivity contribution is 0.797. The normalized spacial score (nSPS) is 11.3. The monoisotopic (exact) mass is 336 g/mol. The van der Waals surface area contributed by atoms with E-state index in [9.17, 15) is 5.26 Å². The number of pyridine rings is 1. The number of halogens is 1. The second-order valence-corrected chi connectivity index (χ2v) is 5.84. The van der Waals surface area contributed by atoms with Crippen LogP contribution in [0.2, 0.25) is 0 Å². The minimum absolute atomic E-state index is 0.654. The van der Waals surface area contributed by atoms with Crippen LogP contribution in [0.4, 0.5) is 0 Å². The van der Waals surface area contributed by atoms with Gasteiger partial charge < -0.3 is 0 Å². The summed E-state index contributed by atoms with van der Waals surface area (Å²) in [5, 5.41) is 16.6. The van der Waals surface area contributed by atoms with Crippen molar-refractivity contribution in [1.29, 1.82) is 5.26 Å². The first-order chi connectivity index (χ1) is 10.2. The molecule has 0 spiro atoms. The van der Waals surface area contributed by atoms with E-state index in [0.717, 1.165) is 37.2 Å². The Kier molecular flexibility index (Phi) is 2.50. The molecule has 5 heteroatoms. The molecular weight excluding hydrogens is 328 g/mol. The lowest BCUT2D eigenvalue weighted by Gasteiger charge is -2.07. The molecule has 4 nitrogen and oxygen atoms in total. The molecule has 21 heavy (non-hydrogen) atoms. The third-order valence-electron chi connectivity index (χ3n) is 3.74. The van der Waals surface area contributed by atoms with Gasteiger partial charge in [-0.3, -0.25) is 4.68 Å². The summed E-state index contributed by atoms with van der Waals surface area (Å²) < 4.78 is 2.76. The van der Waals surface area contributed by atoms with Gasteiger partial charge in [0.1, 0.15) is 6.07 Å². The van der Waals surface area contributed by atoms with Gasteiger partial charge in [0.25, 0.3) is 0 Å². The Morgan fingerprint density at radius 3 is 2.81 bits per heavy atom. The van der Waals surface area contributed by atoms with Crippen molar-refractivity contribution < 1.29 is 0 Å². The van der Waals surface area contributed by atoms with Crippen LogP contribution in [0.5, 0.6) is 0 Å². The third kappa shape index (κ3) is 1.66. The highest BCUT2D eigenvalue weighted by Crippen LogP contribution is 2.32. The molecule has 0 unspecified atom stereocenters. The first-order valence-corrected chi connectivity index (χ1v) is 7.22. The number of aryl methyl sites for hydroxylation is 1. The molecule has 2 aromatic carbocycles. The summed E-state index contributed by atoms with van der Waals surface area (Å²) in [6, 6.07) is 12.1. The van der Waals surface area contributed by atoms with Crippen LogP contribution in [0.3, 0.4) is 0 Å². The van der Waals surface area contributed by atoms with Gasteiger partial charge in [-0.2, -0.15) is 10.4 Å². The summed E-state index contributed by atoms with van der Waals surface area (Å²) in [6.07, 6.45) is 1.80. The van der Waals surface area contributed by atoms with Crippen LogP contribution in [0.15, 0.2) is 41.0 Å². The quantitative estimate of drug-likeness (QED) is 0.457. The van der Waals surface area contributed by atoms with Crippen molar-refractivity contribution >= 4 is 48.6 Å². The van der Waals surface area contributed by atoms with Gasteiger partial charge in [-0.1, -0.05) is 22.0 Å². The van der Waals surface area contributed by atoms with Gasteiger partial charge in [-0.15, -0.1) is 0 Å². The Balaban J connectivity index is 2.33. The Hall–Kier alpha value is -2.45. The second kappa shape index (κ2) is 4.27. The molecule has 0 atom stereocenters. The molecule has 0 amide bonds. The standard InChI is InChI=1S/C16H9BrN4/c1-21-15-5-4-13-16(12(15)8-19-21)11(7-18)10-3-2-9(17)6-14(10)20-13/h2-6,8H,1H3. The van der Waals surface area contributed by atoms with Crippen LogP contribution in [-0.2, 0) is 7.05 Å². The summed E-state index contributed by atoms with van der Waals surface area (Å²) in [4.78, 5) is 4.69. The van der Waals surface area contributed by atoms with Crippen LogP contribution in [0, 0.1) is 11.3 Å².